The number of rotatable bonds is 4. The van der Waals surface area contributed by atoms with Crippen LogP contribution in [-0.4, -0.2) is 36.9 Å². The summed E-state index contributed by atoms with van der Waals surface area (Å²) < 4.78 is 38.0. The highest BCUT2D eigenvalue weighted by Crippen LogP contribution is 2.35. The molecule has 1 fully saturated rings. The van der Waals surface area contributed by atoms with Crippen LogP contribution < -0.4 is 4.90 Å². The lowest BCUT2D eigenvalue weighted by Gasteiger charge is -2.42. The third kappa shape index (κ3) is 2.67. The Hall–Kier alpha value is -1.70. The highest BCUT2D eigenvalue weighted by Gasteiger charge is 2.45. The van der Waals surface area contributed by atoms with Crippen LogP contribution in [-0.2, 0) is 9.84 Å². The highest BCUT2D eigenvalue weighted by atomic mass is 32.2. The van der Waals surface area contributed by atoms with Gasteiger partial charge in [-0.25, -0.2) is 12.8 Å². The molecule has 0 bridgehead atoms. The predicted octanol–water partition coefficient (Wildman–Crippen LogP) is 2.53. The summed E-state index contributed by atoms with van der Waals surface area (Å²) in [6.45, 7) is 4.03. The minimum Gasteiger partial charge on any atom is -0.367 e. The SMILES string of the molecule is CCC1(CC)CN(c2ccc([N+](=O)[O-])cc2F)CCS1(=O)=O. The van der Waals surface area contributed by atoms with Crippen LogP contribution in [0.3, 0.4) is 0 Å². The fraction of sp³-hybridized carbons (Fsp3) is 0.571. The van der Waals surface area contributed by atoms with Gasteiger partial charge in [0.05, 0.1) is 27.2 Å². The van der Waals surface area contributed by atoms with E-state index in [1.807, 2.05) is 13.8 Å². The van der Waals surface area contributed by atoms with Gasteiger partial charge in [-0.05, 0) is 18.9 Å². The van der Waals surface area contributed by atoms with Crippen molar-refractivity contribution in [3.05, 3.63) is 34.1 Å². The molecule has 0 spiro atoms. The molecule has 0 unspecified atom stereocenters. The molecular formula is C14H19FN2O4S. The number of nitrogens with zero attached hydrogens (tertiary/aromatic N) is 2. The third-order valence-corrected chi connectivity index (χ3v) is 7.29. The van der Waals surface area contributed by atoms with E-state index >= 15 is 0 Å². The molecule has 0 aromatic heterocycles. The van der Waals surface area contributed by atoms with E-state index in [1.54, 1.807) is 4.90 Å². The van der Waals surface area contributed by atoms with E-state index in [-0.39, 0.29) is 30.2 Å². The summed E-state index contributed by atoms with van der Waals surface area (Å²) in [7, 11) is -3.23. The Balaban J connectivity index is 2.37. The number of nitro benzene ring substituents is 1. The van der Waals surface area contributed by atoms with Crippen LogP contribution in [0.1, 0.15) is 26.7 Å². The number of benzene rings is 1. The molecule has 0 atom stereocenters. The summed E-state index contributed by atoms with van der Waals surface area (Å²) in [5.41, 5.74) is -0.102. The normalized spacial score (nSPS) is 19.9. The van der Waals surface area contributed by atoms with E-state index in [2.05, 4.69) is 0 Å². The Morgan fingerprint density at radius 3 is 2.50 bits per heavy atom. The summed E-state index contributed by atoms with van der Waals surface area (Å²) in [5.74, 6) is -0.736. The topological polar surface area (TPSA) is 80.5 Å². The smallest absolute Gasteiger partial charge is 0.272 e. The van der Waals surface area contributed by atoms with Crippen LogP contribution in [0.5, 0.6) is 0 Å². The number of hydrogen-bond acceptors (Lipinski definition) is 5. The zero-order valence-electron chi connectivity index (χ0n) is 12.6. The molecule has 6 nitrogen and oxygen atoms in total. The first-order chi connectivity index (χ1) is 10.3. The highest BCUT2D eigenvalue weighted by molar-refractivity contribution is 7.92. The molecule has 1 aromatic carbocycles. The maximum absolute atomic E-state index is 14.2. The Morgan fingerprint density at radius 1 is 1.36 bits per heavy atom. The van der Waals surface area contributed by atoms with Crippen LogP contribution in [0.2, 0.25) is 0 Å². The van der Waals surface area contributed by atoms with Crippen molar-refractivity contribution in [2.45, 2.75) is 31.4 Å². The Morgan fingerprint density at radius 2 is 2.00 bits per heavy atom. The van der Waals surface area contributed by atoms with Crippen molar-refractivity contribution in [3.8, 4) is 0 Å². The first kappa shape index (κ1) is 16.7. The fourth-order valence-electron chi connectivity index (χ4n) is 2.96. The quantitative estimate of drug-likeness (QED) is 0.626. The second kappa shape index (κ2) is 5.83. The van der Waals surface area contributed by atoms with Gasteiger partial charge in [0.15, 0.2) is 15.7 Å². The van der Waals surface area contributed by atoms with Gasteiger partial charge in [-0.1, -0.05) is 13.8 Å². The van der Waals surface area contributed by atoms with Crippen molar-refractivity contribution in [1.82, 2.24) is 0 Å². The maximum Gasteiger partial charge on any atom is 0.272 e. The van der Waals surface area contributed by atoms with Crippen molar-refractivity contribution < 1.29 is 17.7 Å². The second-order valence-corrected chi connectivity index (χ2v) is 8.03. The number of sulfone groups is 1. The minimum absolute atomic E-state index is 0.0366. The van der Waals surface area contributed by atoms with Crippen molar-refractivity contribution in [1.29, 1.82) is 0 Å². The van der Waals surface area contributed by atoms with E-state index in [4.69, 9.17) is 0 Å². The molecule has 1 aliphatic heterocycles. The molecular weight excluding hydrogens is 311 g/mol. The molecule has 0 N–H and O–H groups in total. The van der Waals surface area contributed by atoms with Gasteiger partial charge < -0.3 is 4.90 Å². The van der Waals surface area contributed by atoms with Crippen molar-refractivity contribution >= 4 is 21.2 Å². The van der Waals surface area contributed by atoms with Gasteiger partial charge >= 0.3 is 0 Å². The molecule has 8 heteroatoms. The van der Waals surface area contributed by atoms with Crippen LogP contribution in [0.4, 0.5) is 15.8 Å². The van der Waals surface area contributed by atoms with Crippen LogP contribution in [0.25, 0.3) is 0 Å². The number of anilines is 1. The second-order valence-electron chi connectivity index (χ2n) is 5.52. The monoisotopic (exact) mass is 330 g/mol. The van der Waals surface area contributed by atoms with Gasteiger partial charge in [0.25, 0.3) is 5.69 Å². The summed E-state index contributed by atoms with van der Waals surface area (Å²) in [4.78, 5) is 11.7. The van der Waals surface area contributed by atoms with Crippen molar-refractivity contribution in [2.75, 3.05) is 23.7 Å². The molecule has 1 aromatic rings. The van der Waals surface area contributed by atoms with Gasteiger partial charge in [0, 0.05) is 19.2 Å². The van der Waals surface area contributed by atoms with Crippen molar-refractivity contribution in [2.24, 2.45) is 0 Å². The largest absolute Gasteiger partial charge is 0.367 e. The van der Waals surface area contributed by atoms with E-state index in [9.17, 15) is 22.9 Å². The Bertz CT molecular complexity index is 686. The summed E-state index contributed by atoms with van der Waals surface area (Å²) in [5, 5.41) is 10.7. The summed E-state index contributed by atoms with van der Waals surface area (Å²) in [6, 6.07) is 3.46. The molecule has 122 valence electrons. The number of non-ortho nitro benzene ring substituents is 1. The molecule has 22 heavy (non-hydrogen) atoms. The number of hydrogen-bond donors (Lipinski definition) is 0. The van der Waals surface area contributed by atoms with E-state index in [0.717, 1.165) is 6.07 Å². The summed E-state index contributed by atoms with van der Waals surface area (Å²) >= 11 is 0. The zero-order chi connectivity index (χ0) is 16.5. The number of halogens is 1. The fourth-order valence-corrected chi connectivity index (χ4v) is 5.08. The van der Waals surface area contributed by atoms with Gasteiger partial charge in [-0.3, -0.25) is 10.1 Å². The molecule has 1 saturated heterocycles. The molecule has 0 amide bonds. The maximum atomic E-state index is 14.2. The first-order valence-corrected chi connectivity index (χ1v) is 8.83. The van der Waals surface area contributed by atoms with Crippen LogP contribution in [0.15, 0.2) is 18.2 Å². The van der Waals surface area contributed by atoms with Crippen LogP contribution >= 0.6 is 0 Å². The van der Waals surface area contributed by atoms with E-state index < -0.39 is 25.3 Å². The van der Waals surface area contributed by atoms with Crippen molar-refractivity contribution in [3.63, 3.8) is 0 Å². The number of nitro groups is 1. The average Bonchev–Trinajstić information content (AvgIpc) is 2.47. The Labute approximate surface area is 129 Å². The van der Waals surface area contributed by atoms with Crippen LogP contribution in [0, 0.1) is 15.9 Å². The third-order valence-electron chi connectivity index (χ3n) is 4.54. The molecule has 0 saturated carbocycles. The standard InChI is InChI=1S/C14H19FN2O4S/c1-3-14(4-2)10-16(7-8-22(14,20)21)13-6-5-11(17(18)19)9-12(13)15/h5-6,9H,3-4,7-8,10H2,1-2H3. The van der Waals surface area contributed by atoms with E-state index in [0.29, 0.717) is 12.8 Å². The summed E-state index contributed by atoms with van der Waals surface area (Å²) in [6.07, 6.45) is 0.911. The Kier molecular flexibility index (Phi) is 4.42. The lowest BCUT2D eigenvalue weighted by molar-refractivity contribution is -0.385. The first-order valence-electron chi connectivity index (χ1n) is 7.17. The molecule has 1 aliphatic rings. The van der Waals surface area contributed by atoms with Gasteiger partial charge in [0.2, 0.25) is 0 Å². The minimum atomic E-state index is -3.23. The van der Waals surface area contributed by atoms with Gasteiger partial charge in [0.1, 0.15) is 0 Å². The average molecular weight is 330 g/mol. The van der Waals surface area contributed by atoms with Gasteiger partial charge in [-0.15, -0.1) is 0 Å². The molecule has 1 heterocycles. The lowest BCUT2D eigenvalue weighted by atomic mass is 10.0. The molecule has 0 radical (unpaired) electrons. The molecule has 2 rings (SSSR count). The van der Waals surface area contributed by atoms with Gasteiger partial charge in [-0.2, -0.15) is 0 Å². The lowest BCUT2D eigenvalue weighted by Crippen LogP contribution is -2.56. The zero-order valence-corrected chi connectivity index (χ0v) is 13.4. The predicted molar refractivity (Wildman–Crippen MR) is 82.4 cm³/mol. The van der Waals surface area contributed by atoms with E-state index in [1.165, 1.54) is 12.1 Å². The molecule has 0 aliphatic carbocycles.